The normalized spacial score (nSPS) is 19.6. The van der Waals surface area contributed by atoms with Crippen LogP contribution in [0.15, 0.2) is 61.5 Å². The van der Waals surface area contributed by atoms with Crippen LogP contribution in [0, 0.1) is 33.5 Å². The number of nitrogens with zero attached hydrogens (tertiary/aromatic N) is 2. The van der Waals surface area contributed by atoms with Crippen LogP contribution >= 0.6 is 0 Å². The van der Waals surface area contributed by atoms with Crippen LogP contribution in [0.5, 0.6) is 0 Å². The van der Waals surface area contributed by atoms with Gasteiger partial charge in [0.25, 0.3) is 0 Å². The summed E-state index contributed by atoms with van der Waals surface area (Å²) < 4.78 is 0. The number of hydrogen-bond acceptors (Lipinski definition) is 5. The van der Waals surface area contributed by atoms with Crippen LogP contribution < -0.4 is 26.7 Å². The third-order valence-electron chi connectivity index (χ3n) is 7.82. The summed E-state index contributed by atoms with van der Waals surface area (Å²) in [5, 5.41) is -0.0411. The molecular weight excluding hydrogens is 496 g/mol. The first-order chi connectivity index (χ1) is 17.9. The summed E-state index contributed by atoms with van der Waals surface area (Å²) in [5.74, 6) is -0.532. The molecule has 0 spiro atoms. The molecule has 0 saturated carbocycles. The van der Waals surface area contributed by atoms with Gasteiger partial charge in [0, 0.05) is 70.4 Å². The van der Waals surface area contributed by atoms with Crippen molar-refractivity contribution in [3.05, 3.63) is 88.2 Å². The van der Waals surface area contributed by atoms with Crippen molar-refractivity contribution in [2.45, 2.75) is 83.1 Å². The van der Waals surface area contributed by atoms with Crippen molar-refractivity contribution in [3.63, 3.8) is 0 Å². The van der Waals surface area contributed by atoms with E-state index in [2.05, 4.69) is 131 Å². The molecule has 2 aliphatic heterocycles. The van der Waals surface area contributed by atoms with E-state index in [9.17, 15) is 14.4 Å². The Labute approximate surface area is 240 Å². The summed E-state index contributed by atoms with van der Waals surface area (Å²) in [5.41, 5.74) is 2.04. The minimum atomic E-state index is -0.709. The van der Waals surface area contributed by atoms with Gasteiger partial charge in [0.15, 0.2) is 0 Å². The highest BCUT2D eigenvalue weighted by Gasteiger charge is 2.33. The van der Waals surface area contributed by atoms with Gasteiger partial charge in [-0.2, -0.15) is 0 Å². The standard InChI is InChI=1S/C35H50N2O3/c1-32(2,3)25-17-21(18-26(36(25)13)33(4,5)6)15-23-29(38)24(31(40)30(23)39)16-22-19-27(34(7,8)9)37(14)28(20-22)35(10,11)12/h15-22H,1-14H3. The molecule has 1 aromatic rings. The van der Waals surface area contributed by atoms with Gasteiger partial charge in [-0.05, 0) is 0 Å². The summed E-state index contributed by atoms with van der Waals surface area (Å²) in [7, 11) is 4.13. The highest BCUT2D eigenvalue weighted by atomic mass is 16.2. The van der Waals surface area contributed by atoms with E-state index in [1.807, 2.05) is 0 Å². The lowest BCUT2D eigenvalue weighted by Crippen LogP contribution is -2.39. The van der Waals surface area contributed by atoms with Crippen molar-refractivity contribution in [2.75, 3.05) is 14.1 Å². The summed E-state index contributed by atoms with van der Waals surface area (Å²) in [6, 6.07) is 0. The van der Waals surface area contributed by atoms with Crippen LogP contribution in [0.1, 0.15) is 83.1 Å². The van der Waals surface area contributed by atoms with E-state index in [1.165, 1.54) is 0 Å². The van der Waals surface area contributed by atoms with Gasteiger partial charge in [-0.15, -0.1) is 0 Å². The molecule has 3 rings (SSSR count). The molecule has 0 N–H and O–H groups in total. The van der Waals surface area contributed by atoms with Crippen LogP contribution in [-0.2, 0) is 0 Å². The zero-order chi connectivity index (χ0) is 30.7. The number of rotatable bonds is 2. The molecule has 2 aliphatic rings. The van der Waals surface area contributed by atoms with Gasteiger partial charge in [-0.1, -0.05) is 120 Å². The van der Waals surface area contributed by atoms with E-state index in [0.717, 1.165) is 22.8 Å². The first kappa shape index (κ1) is 31.6. The molecule has 0 saturated heterocycles. The van der Waals surface area contributed by atoms with E-state index in [4.69, 9.17) is 0 Å². The van der Waals surface area contributed by atoms with Crippen molar-refractivity contribution < 1.29 is 0 Å². The predicted octanol–water partition coefficient (Wildman–Crippen LogP) is 5.05. The topological polar surface area (TPSA) is 57.7 Å². The fourth-order valence-corrected chi connectivity index (χ4v) is 6.02. The summed E-state index contributed by atoms with van der Waals surface area (Å²) >= 11 is 0. The molecule has 0 fully saturated rings. The molecule has 0 atom stereocenters. The molecule has 0 aromatic heterocycles. The average Bonchev–Trinajstić information content (AvgIpc) is 2.96. The van der Waals surface area contributed by atoms with Gasteiger partial charge in [0.2, 0.25) is 16.3 Å². The molecule has 0 bridgehead atoms. The summed E-state index contributed by atoms with van der Waals surface area (Å²) in [6.45, 7) is 25.9. The lowest BCUT2D eigenvalue weighted by molar-refractivity contribution is 0.286. The quantitative estimate of drug-likeness (QED) is 0.486. The van der Waals surface area contributed by atoms with E-state index in [-0.39, 0.29) is 43.9 Å². The predicted molar refractivity (Wildman–Crippen MR) is 168 cm³/mol. The van der Waals surface area contributed by atoms with Crippen molar-refractivity contribution >= 4 is 12.2 Å². The van der Waals surface area contributed by atoms with Crippen LogP contribution in [0.4, 0.5) is 0 Å². The molecule has 218 valence electrons. The van der Waals surface area contributed by atoms with Crippen molar-refractivity contribution in [2.24, 2.45) is 33.5 Å². The van der Waals surface area contributed by atoms with Crippen molar-refractivity contribution in [3.8, 4) is 0 Å². The molecule has 5 heteroatoms. The van der Waals surface area contributed by atoms with Gasteiger partial charge in [0.05, 0.1) is 10.4 Å². The van der Waals surface area contributed by atoms with Crippen LogP contribution in [0.2, 0.25) is 0 Å². The highest BCUT2D eigenvalue weighted by Crippen LogP contribution is 2.42. The smallest absolute Gasteiger partial charge is 0.237 e. The second kappa shape index (κ2) is 10.2. The van der Waals surface area contributed by atoms with Gasteiger partial charge in [-0.25, -0.2) is 0 Å². The van der Waals surface area contributed by atoms with Crippen molar-refractivity contribution in [1.29, 1.82) is 0 Å². The van der Waals surface area contributed by atoms with Crippen LogP contribution in [0.25, 0.3) is 12.2 Å². The molecule has 0 radical (unpaired) electrons. The molecule has 2 heterocycles. The Bertz CT molecular complexity index is 1380. The maximum atomic E-state index is 13.6. The van der Waals surface area contributed by atoms with Crippen molar-refractivity contribution in [1.82, 2.24) is 9.80 Å². The first-order valence-corrected chi connectivity index (χ1v) is 14.4. The minimum Gasteiger partial charge on any atom is -0.351 e. The maximum Gasteiger partial charge on any atom is 0.237 e. The Morgan fingerprint density at radius 1 is 0.475 bits per heavy atom. The third kappa shape index (κ3) is 6.19. The fraction of sp³-hybridized carbons (Fsp3) is 0.571. The third-order valence-corrected chi connectivity index (χ3v) is 7.82. The lowest BCUT2D eigenvalue weighted by atomic mass is 9.81. The van der Waals surface area contributed by atoms with Gasteiger partial charge >= 0.3 is 0 Å². The Kier molecular flexibility index (Phi) is 8.01. The highest BCUT2D eigenvalue weighted by molar-refractivity contribution is 5.46. The molecule has 5 nitrogen and oxygen atoms in total. The van der Waals surface area contributed by atoms with E-state index in [1.54, 1.807) is 12.2 Å². The minimum absolute atomic E-state index is 0.0206. The Morgan fingerprint density at radius 3 is 0.900 bits per heavy atom. The molecule has 1 aromatic carbocycles. The largest absolute Gasteiger partial charge is 0.351 e. The lowest BCUT2D eigenvalue weighted by Gasteiger charge is -2.42. The van der Waals surface area contributed by atoms with Crippen LogP contribution in [-0.4, -0.2) is 23.9 Å². The zero-order valence-electron chi connectivity index (χ0n) is 27.2. The number of allylic oxidation sites excluding steroid dienone is 8. The maximum absolute atomic E-state index is 13.6. The Hall–Kier alpha value is -2.95. The summed E-state index contributed by atoms with van der Waals surface area (Å²) in [4.78, 5) is 44.4. The second-order valence-electron chi connectivity index (χ2n) is 15.6. The second-order valence-corrected chi connectivity index (χ2v) is 15.6. The number of hydrogen-bond donors (Lipinski definition) is 0. The summed E-state index contributed by atoms with van der Waals surface area (Å²) in [6.07, 6.45) is 11.8. The SMILES string of the molecule is CN1C(C(C)(C)C)=CC(C=c2c(=O)c(=O)c(=CC3C=C(C(C)(C)C)N(C)C(C(C)(C)C)=C3)c2=O)C=C1C(C)(C)C. The Balaban J connectivity index is 2.27. The van der Waals surface area contributed by atoms with Gasteiger partial charge < -0.3 is 9.80 Å². The van der Waals surface area contributed by atoms with E-state index >= 15 is 0 Å². The molecule has 0 aliphatic carbocycles. The zero-order valence-corrected chi connectivity index (χ0v) is 27.2. The molecule has 0 amide bonds. The van der Waals surface area contributed by atoms with Gasteiger partial charge in [0.1, 0.15) is 0 Å². The monoisotopic (exact) mass is 546 g/mol. The molecular formula is C35H50N2O3. The van der Waals surface area contributed by atoms with E-state index in [0.29, 0.717) is 0 Å². The van der Waals surface area contributed by atoms with Gasteiger partial charge in [-0.3, -0.25) is 14.4 Å². The van der Waals surface area contributed by atoms with Crippen LogP contribution in [0.3, 0.4) is 0 Å². The molecule has 0 unspecified atom stereocenters. The molecule has 40 heavy (non-hydrogen) atoms. The van der Waals surface area contributed by atoms with E-state index < -0.39 is 16.3 Å². The average molecular weight is 547 g/mol. The Morgan fingerprint density at radius 2 is 0.700 bits per heavy atom. The first-order valence-electron chi connectivity index (χ1n) is 14.4. The fourth-order valence-electron chi connectivity index (χ4n) is 6.02.